The van der Waals surface area contributed by atoms with Gasteiger partial charge in [0.2, 0.25) is 0 Å². The van der Waals surface area contributed by atoms with Gasteiger partial charge in [0.15, 0.2) is 0 Å². The fourth-order valence-corrected chi connectivity index (χ4v) is 2.43. The van der Waals surface area contributed by atoms with Crippen LogP contribution in [0.5, 0.6) is 0 Å². The minimum absolute atomic E-state index is 0.644. The molecule has 0 spiro atoms. The number of likely N-dealkylation sites (N-methyl/N-ethyl adjacent to an activating group) is 1. The van der Waals surface area contributed by atoms with Crippen molar-refractivity contribution in [2.24, 2.45) is 0 Å². The predicted molar refractivity (Wildman–Crippen MR) is 55.4 cm³/mol. The number of hydrogen-bond donors (Lipinski definition) is 1. The van der Waals surface area contributed by atoms with Crippen molar-refractivity contribution in [1.29, 1.82) is 0 Å². The quantitative estimate of drug-likeness (QED) is 0.763. The van der Waals surface area contributed by atoms with Crippen LogP contribution in [-0.2, 0) is 12.8 Å². The van der Waals surface area contributed by atoms with E-state index in [-0.39, 0.29) is 0 Å². The van der Waals surface area contributed by atoms with Crippen LogP contribution in [0, 0.1) is 0 Å². The van der Waals surface area contributed by atoms with E-state index < -0.39 is 0 Å². The maximum absolute atomic E-state index is 4.54. The van der Waals surface area contributed by atoms with Gasteiger partial charge in [0.25, 0.3) is 0 Å². The number of nitrogens with one attached hydrogen (secondary N) is 1. The minimum atomic E-state index is 0.644. The Morgan fingerprint density at radius 2 is 2.29 bits per heavy atom. The third-order valence-corrected chi connectivity index (χ3v) is 3.50. The molecule has 1 atom stereocenters. The van der Waals surface area contributed by atoms with Crippen molar-refractivity contribution in [3.8, 4) is 0 Å². The number of nitrogens with zero attached hydrogens (tertiary/aromatic N) is 2. The van der Waals surface area contributed by atoms with Gasteiger partial charge in [-0.25, -0.2) is 4.98 Å². The molecule has 0 amide bonds. The molecular formula is C11H17N3. The Balaban J connectivity index is 1.88. The highest BCUT2D eigenvalue weighted by molar-refractivity contribution is 5.20. The monoisotopic (exact) mass is 191 g/mol. The smallest absolute Gasteiger partial charge is 0.0954 e. The molecule has 1 unspecified atom stereocenters. The van der Waals surface area contributed by atoms with Crippen LogP contribution in [0.3, 0.4) is 0 Å². The zero-order chi connectivity index (χ0) is 9.54. The fraction of sp³-hybridized carbons (Fsp3) is 0.727. The molecule has 1 N–H and O–H groups in total. The first-order valence-corrected chi connectivity index (χ1v) is 5.60. The summed E-state index contributed by atoms with van der Waals surface area (Å²) in [6, 6.07) is 1.43. The van der Waals surface area contributed by atoms with Gasteiger partial charge >= 0.3 is 0 Å². The Labute approximate surface area is 84.5 Å². The third-order valence-electron chi connectivity index (χ3n) is 3.50. The van der Waals surface area contributed by atoms with Gasteiger partial charge in [0.1, 0.15) is 0 Å². The molecule has 14 heavy (non-hydrogen) atoms. The first-order valence-electron chi connectivity index (χ1n) is 5.60. The van der Waals surface area contributed by atoms with Gasteiger partial charge in [-0.15, -0.1) is 0 Å². The Morgan fingerprint density at radius 1 is 1.43 bits per heavy atom. The molecule has 0 aliphatic heterocycles. The van der Waals surface area contributed by atoms with E-state index in [1.54, 1.807) is 0 Å². The lowest BCUT2D eigenvalue weighted by atomic mass is 9.96. The highest BCUT2D eigenvalue weighted by Gasteiger charge is 2.29. The second-order valence-corrected chi connectivity index (χ2v) is 4.50. The van der Waals surface area contributed by atoms with E-state index in [0.29, 0.717) is 6.04 Å². The molecular weight excluding hydrogens is 174 g/mol. The van der Waals surface area contributed by atoms with E-state index in [9.17, 15) is 0 Å². The molecule has 1 heterocycles. The summed E-state index contributed by atoms with van der Waals surface area (Å²) in [6.45, 7) is 0. The Morgan fingerprint density at radius 3 is 3.00 bits per heavy atom. The molecule has 0 bridgehead atoms. The zero-order valence-corrected chi connectivity index (χ0v) is 8.66. The van der Waals surface area contributed by atoms with Crippen molar-refractivity contribution >= 4 is 0 Å². The summed E-state index contributed by atoms with van der Waals surface area (Å²) in [5, 5.41) is 3.35. The standard InChI is InChI=1S/C11H17N3/c1-12-8-2-5-11-10(6-8)13-7-14(11)9-3-4-9/h7-9,12H,2-6H2,1H3. The predicted octanol–water partition coefficient (Wildman–Crippen LogP) is 1.29. The number of aromatic nitrogens is 2. The van der Waals surface area contributed by atoms with Crippen LogP contribution in [0.25, 0.3) is 0 Å². The molecule has 1 fully saturated rings. The van der Waals surface area contributed by atoms with E-state index in [2.05, 4.69) is 21.2 Å². The average molecular weight is 191 g/mol. The number of hydrogen-bond acceptors (Lipinski definition) is 2. The van der Waals surface area contributed by atoms with E-state index in [0.717, 1.165) is 12.5 Å². The second kappa shape index (κ2) is 3.09. The van der Waals surface area contributed by atoms with Crippen molar-refractivity contribution in [3.63, 3.8) is 0 Å². The van der Waals surface area contributed by atoms with Crippen molar-refractivity contribution in [1.82, 2.24) is 14.9 Å². The molecule has 0 aromatic carbocycles. The number of rotatable bonds is 2. The average Bonchev–Trinajstić information content (AvgIpc) is 2.98. The molecule has 3 rings (SSSR count). The summed E-state index contributed by atoms with van der Waals surface area (Å²) >= 11 is 0. The SMILES string of the molecule is CNC1CCc2c(ncn2C2CC2)C1. The van der Waals surface area contributed by atoms with E-state index in [4.69, 9.17) is 0 Å². The van der Waals surface area contributed by atoms with Gasteiger partial charge in [-0.1, -0.05) is 0 Å². The zero-order valence-electron chi connectivity index (χ0n) is 8.66. The van der Waals surface area contributed by atoms with Gasteiger partial charge in [0, 0.05) is 24.2 Å². The first kappa shape index (κ1) is 8.48. The van der Waals surface area contributed by atoms with Crippen molar-refractivity contribution in [2.75, 3.05) is 7.05 Å². The van der Waals surface area contributed by atoms with Gasteiger partial charge in [0.05, 0.1) is 12.0 Å². The Hall–Kier alpha value is -0.830. The Bertz CT molecular complexity index is 338. The van der Waals surface area contributed by atoms with Crippen LogP contribution < -0.4 is 5.32 Å². The first-order chi connectivity index (χ1) is 6.88. The second-order valence-electron chi connectivity index (χ2n) is 4.50. The minimum Gasteiger partial charge on any atom is -0.331 e. The fourth-order valence-electron chi connectivity index (χ4n) is 2.43. The summed E-state index contributed by atoms with van der Waals surface area (Å²) in [5.74, 6) is 0. The highest BCUT2D eigenvalue weighted by Crippen LogP contribution is 2.37. The van der Waals surface area contributed by atoms with E-state index >= 15 is 0 Å². The summed E-state index contributed by atoms with van der Waals surface area (Å²) in [6.07, 6.45) is 8.36. The summed E-state index contributed by atoms with van der Waals surface area (Å²) in [4.78, 5) is 4.54. The van der Waals surface area contributed by atoms with Crippen LogP contribution >= 0.6 is 0 Å². The maximum Gasteiger partial charge on any atom is 0.0954 e. The molecule has 2 aliphatic carbocycles. The van der Waals surface area contributed by atoms with Crippen LogP contribution in [0.1, 0.15) is 36.7 Å². The molecule has 76 valence electrons. The van der Waals surface area contributed by atoms with Gasteiger partial charge in [-0.3, -0.25) is 0 Å². The van der Waals surface area contributed by atoms with Gasteiger partial charge < -0.3 is 9.88 Å². The van der Waals surface area contributed by atoms with Crippen LogP contribution in [-0.4, -0.2) is 22.6 Å². The van der Waals surface area contributed by atoms with Gasteiger partial charge in [-0.05, 0) is 32.7 Å². The lowest BCUT2D eigenvalue weighted by molar-refractivity contribution is 0.478. The summed E-state index contributed by atoms with van der Waals surface area (Å²) < 4.78 is 2.42. The lowest BCUT2D eigenvalue weighted by Gasteiger charge is -2.22. The third kappa shape index (κ3) is 1.27. The molecule has 0 saturated heterocycles. The number of fused-ring (bicyclic) bond motifs is 1. The molecule has 3 nitrogen and oxygen atoms in total. The van der Waals surface area contributed by atoms with Crippen molar-refractivity contribution < 1.29 is 0 Å². The van der Waals surface area contributed by atoms with Crippen molar-refractivity contribution in [2.45, 2.75) is 44.2 Å². The van der Waals surface area contributed by atoms with Gasteiger partial charge in [-0.2, -0.15) is 0 Å². The largest absolute Gasteiger partial charge is 0.331 e. The molecule has 3 heteroatoms. The van der Waals surface area contributed by atoms with Crippen LogP contribution in [0.2, 0.25) is 0 Å². The van der Waals surface area contributed by atoms with Crippen LogP contribution in [0.4, 0.5) is 0 Å². The molecule has 1 aromatic rings. The molecule has 2 aliphatic rings. The Kier molecular flexibility index (Phi) is 1.87. The molecule has 0 radical (unpaired) electrons. The van der Waals surface area contributed by atoms with E-state index in [1.165, 1.54) is 37.1 Å². The maximum atomic E-state index is 4.54. The number of imidazole rings is 1. The summed E-state index contributed by atoms with van der Waals surface area (Å²) in [5.41, 5.74) is 2.85. The van der Waals surface area contributed by atoms with Crippen LogP contribution in [0.15, 0.2) is 6.33 Å². The topological polar surface area (TPSA) is 29.9 Å². The van der Waals surface area contributed by atoms with Crippen molar-refractivity contribution in [3.05, 3.63) is 17.7 Å². The summed E-state index contributed by atoms with van der Waals surface area (Å²) in [7, 11) is 2.05. The van der Waals surface area contributed by atoms with E-state index in [1.807, 2.05) is 7.05 Å². The molecule has 1 aromatic heterocycles. The lowest BCUT2D eigenvalue weighted by Crippen LogP contribution is -2.32. The highest BCUT2D eigenvalue weighted by atomic mass is 15.1. The molecule has 1 saturated carbocycles. The normalized spacial score (nSPS) is 26.2.